The molecule has 0 aliphatic rings. The summed E-state index contributed by atoms with van der Waals surface area (Å²) in [7, 11) is 0. The molecule has 1 heterocycles. The summed E-state index contributed by atoms with van der Waals surface area (Å²) >= 11 is 0. The molecule has 0 spiro atoms. The van der Waals surface area contributed by atoms with Crippen molar-refractivity contribution < 1.29 is 9.21 Å². The quantitative estimate of drug-likeness (QED) is 0.879. The van der Waals surface area contributed by atoms with Crippen LogP contribution >= 0.6 is 0 Å². The highest BCUT2D eigenvalue weighted by molar-refractivity contribution is 5.99. The molecule has 0 saturated heterocycles. The minimum absolute atomic E-state index is 0.148. The van der Waals surface area contributed by atoms with Crippen LogP contribution in [0, 0.1) is 6.92 Å². The number of carbonyl (C=O) groups excluding carboxylic acids is 1. The zero-order chi connectivity index (χ0) is 14.5. The molecule has 0 bridgehead atoms. The molecule has 5 nitrogen and oxygen atoms in total. The summed E-state index contributed by atoms with van der Waals surface area (Å²) in [5.74, 6) is 1.09. The molecule has 0 aliphatic carbocycles. The Kier molecular flexibility index (Phi) is 4.40. The van der Waals surface area contributed by atoms with E-state index >= 15 is 0 Å². The van der Waals surface area contributed by atoms with Crippen LogP contribution in [0.25, 0.3) is 0 Å². The Bertz CT molecular complexity index is 592. The maximum absolute atomic E-state index is 12.3. The third kappa shape index (κ3) is 3.17. The first-order chi connectivity index (χ1) is 9.61. The smallest absolute Gasteiger partial charge is 0.254 e. The second kappa shape index (κ2) is 6.23. The molecule has 0 radical (unpaired) electrons. The van der Waals surface area contributed by atoms with Crippen molar-refractivity contribution in [3.05, 3.63) is 47.7 Å². The van der Waals surface area contributed by atoms with Gasteiger partial charge in [-0.2, -0.15) is 0 Å². The molecule has 0 aliphatic heterocycles. The van der Waals surface area contributed by atoms with Crippen LogP contribution in [0.15, 0.2) is 34.9 Å². The van der Waals surface area contributed by atoms with Gasteiger partial charge in [0.15, 0.2) is 0 Å². The van der Waals surface area contributed by atoms with Crippen molar-refractivity contribution in [2.75, 3.05) is 11.9 Å². The maximum Gasteiger partial charge on any atom is 0.254 e. The van der Waals surface area contributed by atoms with Crippen LogP contribution in [0.1, 0.15) is 41.9 Å². The summed E-state index contributed by atoms with van der Waals surface area (Å²) in [6.45, 7) is 6.43. The number of rotatable bonds is 5. The van der Waals surface area contributed by atoms with Crippen LogP contribution < -0.4 is 10.6 Å². The Labute approximate surface area is 118 Å². The second-order valence-corrected chi connectivity index (χ2v) is 4.58. The van der Waals surface area contributed by atoms with Gasteiger partial charge in [-0.1, -0.05) is 12.1 Å². The van der Waals surface area contributed by atoms with E-state index in [-0.39, 0.29) is 11.9 Å². The molecule has 1 amide bonds. The fourth-order valence-electron chi connectivity index (χ4n) is 1.93. The summed E-state index contributed by atoms with van der Waals surface area (Å²) in [5, 5.41) is 6.06. The van der Waals surface area contributed by atoms with Crippen molar-refractivity contribution in [2.24, 2.45) is 0 Å². The lowest BCUT2D eigenvalue weighted by molar-refractivity contribution is 0.0934. The first kappa shape index (κ1) is 14.1. The predicted molar refractivity (Wildman–Crippen MR) is 77.7 cm³/mol. The zero-order valence-corrected chi connectivity index (χ0v) is 11.9. The number of aryl methyl sites for hydroxylation is 1. The standard InChI is InChI=1S/C15H19N3O2/c1-4-16-13-8-6-5-7-12(13)14(19)18-11(3)15-17-9-10(2)20-15/h5-9,11,16H,4H2,1-3H3,(H,18,19). The van der Waals surface area contributed by atoms with E-state index in [1.807, 2.05) is 39.0 Å². The number of aromatic nitrogens is 1. The molecule has 2 rings (SSSR count). The van der Waals surface area contributed by atoms with Crippen molar-refractivity contribution >= 4 is 11.6 Å². The highest BCUT2D eigenvalue weighted by Gasteiger charge is 2.17. The number of carbonyl (C=O) groups is 1. The average molecular weight is 273 g/mol. The lowest BCUT2D eigenvalue weighted by atomic mass is 10.1. The Morgan fingerprint density at radius 3 is 2.80 bits per heavy atom. The van der Waals surface area contributed by atoms with Gasteiger partial charge < -0.3 is 15.1 Å². The number of hydrogen-bond acceptors (Lipinski definition) is 4. The van der Waals surface area contributed by atoms with Gasteiger partial charge in [-0.3, -0.25) is 4.79 Å². The van der Waals surface area contributed by atoms with Crippen LogP contribution in [0.5, 0.6) is 0 Å². The fraction of sp³-hybridized carbons (Fsp3) is 0.333. The summed E-state index contributed by atoms with van der Waals surface area (Å²) < 4.78 is 5.42. The van der Waals surface area contributed by atoms with Crippen LogP contribution in [0.4, 0.5) is 5.69 Å². The third-order valence-electron chi connectivity index (χ3n) is 2.90. The van der Waals surface area contributed by atoms with Gasteiger partial charge >= 0.3 is 0 Å². The molecular weight excluding hydrogens is 254 g/mol. The van der Waals surface area contributed by atoms with Gasteiger partial charge in [0, 0.05) is 12.2 Å². The lowest BCUT2D eigenvalue weighted by Crippen LogP contribution is -2.27. The van der Waals surface area contributed by atoms with Gasteiger partial charge in [0.25, 0.3) is 5.91 Å². The van der Waals surface area contributed by atoms with E-state index < -0.39 is 0 Å². The number of oxazole rings is 1. The molecule has 2 aromatic rings. The minimum atomic E-state index is -0.272. The molecule has 0 saturated carbocycles. The Morgan fingerprint density at radius 1 is 1.40 bits per heavy atom. The van der Waals surface area contributed by atoms with Gasteiger partial charge in [-0.05, 0) is 32.9 Å². The number of amides is 1. The van der Waals surface area contributed by atoms with Gasteiger partial charge in [-0.15, -0.1) is 0 Å². The highest BCUT2D eigenvalue weighted by Crippen LogP contribution is 2.17. The molecular formula is C15H19N3O2. The molecule has 1 atom stereocenters. The molecule has 20 heavy (non-hydrogen) atoms. The fourth-order valence-corrected chi connectivity index (χ4v) is 1.93. The van der Waals surface area contributed by atoms with Gasteiger partial charge in [0.2, 0.25) is 5.89 Å². The van der Waals surface area contributed by atoms with Crippen molar-refractivity contribution in [3.8, 4) is 0 Å². The summed E-state index contributed by atoms with van der Waals surface area (Å²) in [5.41, 5.74) is 1.44. The van der Waals surface area contributed by atoms with Crippen molar-refractivity contribution in [3.63, 3.8) is 0 Å². The monoisotopic (exact) mass is 273 g/mol. The van der Waals surface area contributed by atoms with Crippen molar-refractivity contribution in [1.29, 1.82) is 0 Å². The van der Waals surface area contributed by atoms with Crippen LogP contribution in [0.2, 0.25) is 0 Å². The molecule has 1 aromatic heterocycles. The molecule has 2 N–H and O–H groups in total. The number of benzene rings is 1. The SMILES string of the molecule is CCNc1ccccc1C(=O)NC(C)c1ncc(C)o1. The molecule has 1 unspecified atom stereocenters. The Morgan fingerprint density at radius 2 is 2.15 bits per heavy atom. The first-order valence-corrected chi connectivity index (χ1v) is 6.68. The van der Waals surface area contributed by atoms with Gasteiger partial charge in [0.05, 0.1) is 11.8 Å². The first-order valence-electron chi connectivity index (χ1n) is 6.68. The van der Waals surface area contributed by atoms with Crippen molar-refractivity contribution in [1.82, 2.24) is 10.3 Å². The van der Waals surface area contributed by atoms with Gasteiger partial charge in [0.1, 0.15) is 11.8 Å². The van der Waals surface area contributed by atoms with E-state index in [2.05, 4.69) is 15.6 Å². The van der Waals surface area contributed by atoms with E-state index in [4.69, 9.17) is 4.42 Å². The molecule has 0 fully saturated rings. The largest absolute Gasteiger partial charge is 0.444 e. The van der Waals surface area contributed by atoms with Crippen molar-refractivity contribution in [2.45, 2.75) is 26.8 Å². The van der Waals surface area contributed by atoms with Crippen LogP contribution in [-0.4, -0.2) is 17.4 Å². The number of nitrogens with one attached hydrogen (secondary N) is 2. The molecule has 106 valence electrons. The maximum atomic E-state index is 12.3. The summed E-state index contributed by atoms with van der Waals surface area (Å²) in [4.78, 5) is 16.4. The normalized spacial score (nSPS) is 11.9. The van der Waals surface area contributed by atoms with E-state index in [0.717, 1.165) is 18.0 Å². The number of hydrogen-bond donors (Lipinski definition) is 2. The number of anilines is 1. The summed E-state index contributed by atoms with van der Waals surface area (Å²) in [6.07, 6.45) is 1.64. The summed E-state index contributed by atoms with van der Waals surface area (Å²) in [6, 6.07) is 7.15. The van der Waals surface area contributed by atoms with Crippen LogP contribution in [-0.2, 0) is 0 Å². The topological polar surface area (TPSA) is 67.2 Å². The van der Waals surface area contributed by atoms with Gasteiger partial charge in [-0.25, -0.2) is 4.98 Å². The van der Waals surface area contributed by atoms with Crippen LogP contribution in [0.3, 0.4) is 0 Å². The van der Waals surface area contributed by atoms with E-state index in [1.165, 1.54) is 0 Å². The molecule has 1 aromatic carbocycles. The Balaban J connectivity index is 2.12. The number of para-hydroxylation sites is 1. The second-order valence-electron chi connectivity index (χ2n) is 4.58. The lowest BCUT2D eigenvalue weighted by Gasteiger charge is -2.13. The third-order valence-corrected chi connectivity index (χ3v) is 2.90. The van der Waals surface area contributed by atoms with E-state index in [9.17, 15) is 4.79 Å². The van der Waals surface area contributed by atoms with E-state index in [1.54, 1.807) is 12.3 Å². The Hall–Kier alpha value is -2.30. The number of nitrogens with zero attached hydrogens (tertiary/aromatic N) is 1. The zero-order valence-electron chi connectivity index (χ0n) is 11.9. The molecule has 5 heteroatoms. The van der Waals surface area contributed by atoms with E-state index in [0.29, 0.717) is 11.5 Å². The average Bonchev–Trinajstić information content (AvgIpc) is 2.86. The minimum Gasteiger partial charge on any atom is -0.444 e. The predicted octanol–water partition coefficient (Wildman–Crippen LogP) is 2.91. The highest BCUT2D eigenvalue weighted by atomic mass is 16.4.